The van der Waals surface area contributed by atoms with Gasteiger partial charge in [0.25, 0.3) is 5.91 Å². The summed E-state index contributed by atoms with van der Waals surface area (Å²) in [6.07, 6.45) is 8.56. The Bertz CT molecular complexity index is 1920. The van der Waals surface area contributed by atoms with Gasteiger partial charge < -0.3 is 14.7 Å². The van der Waals surface area contributed by atoms with E-state index in [-0.39, 0.29) is 5.91 Å². The van der Waals surface area contributed by atoms with Gasteiger partial charge in [0.15, 0.2) is 5.65 Å². The van der Waals surface area contributed by atoms with E-state index in [1.165, 1.54) is 0 Å². The summed E-state index contributed by atoms with van der Waals surface area (Å²) in [6, 6.07) is 23.2. The molecule has 1 amide bonds. The second-order valence-electron chi connectivity index (χ2n) is 8.94. The molecule has 3 N–H and O–H groups in total. The Kier molecular flexibility index (Phi) is 5.07. The Labute approximate surface area is 216 Å². The zero-order valence-electron chi connectivity index (χ0n) is 20.0. The molecule has 0 fully saturated rings. The molecular weight excluding hydrogens is 476 g/mol. The third kappa shape index (κ3) is 3.81. The maximum absolute atomic E-state index is 12.6. The lowest BCUT2D eigenvalue weighted by atomic mass is 10.0. The highest BCUT2D eigenvalue weighted by molar-refractivity contribution is 6.04. The highest BCUT2D eigenvalue weighted by Crippen LogP contribution is 2.35. The number of nitrogens with one attached hydrogen (secondary N) is 3. The van der Waals surface area contributed by atoms with Crippen molar-refractivity contribution in [2.45, 2.75) is 0 Å². The highest BCUT2D eigenvalue weighted by Gasteiger charge is 2.16. The van der Waals surface area contributed by atoms with Gasteiger partial charge in [-0.3, -0.25) is 14.9 Å². The molecule has 5 aromatic heterocycles. The third-order valence-electron chi connectivity index (χ3n) is 6.53. The monoisotopic (exact) mass is 496 g/mol. The van der Waals surface area contributed by atoms with Gasteiger partial charge in [-0.05, 0) is 48.0 Å². The number of furan rings is 1. The number of carbonyl (C=O) groups is 1. The van der Waals surface area contributed by atoms with Crippen LogP contribution in [-0.2, 0) is 0 Å². The van der Waals surface area contributed by atoms with Gasteiger partial charge in [0.05, 0.1) is 30.1 Å². The van der Waals surface area contributed by atoms with E-state index in [1.807, 2.05) is 48.5 Å². The highest BCUT2D eigenvalue weighted by atomic mass is 16.3. The van der Waals surface area contributed by atoms with Crippen LogP contribution in [0.3, 0.4) is 0 Å². The molecule has 0 spiro atoms. The van der Waals surface area contributed by atoms with Gasteiger partial charge in [0.2, 0.25) is 0 Å². The number of aromatic nitrogens is 5. The largest absolute Gasteiger partial charge is 0.472 e. The molecule has 0 aliphatic heterocycles. The van der Waals surface area contributed by atoms with Crippen molar-refractivity contribution < 1.29 is 9.21 Å². The summed E-state index contributed by atoms with van der Waals surface area (Å²) in [5.74, 6) is -0.191. The Balaban J connectivity index is 1.25. The normalized spacial score (nSPS) is 11.3. The Hall–Kier alpha value is -5.50. The molecule has 0 radical (unpaired) electrons. The minimum atomic E-state index is -0.191. The standard InChI is InChI=1S/C30H20N6O2/c37-30(18-5-2-1-3-6-18)33-22-11-20(14-31-16-22)21-12-25-28(35-36-29(25)32-15-21)27-13-24-23(19-9-10-38-17-19)7-4-8-26(24)34-27/h1-17,34H,(H,33,37)(H,32,35,36). The maximum atomic E-state index is 12.6. The molecule has 0 atom stereocenters. The molecule has 0 unspecified atom stereocenters. The first-order valence-corrected chi connectivity index (χ1v) is 12.0. The fourth-order valence-corrected chi connectivity index (χ4v) is 4.68. The number of nitrogens with zero attached hydrogens (tertiary/aromatic N) is 3. The summed E-state index contributed by atoms with van der Waals surface area (Å²) in [7, 11) is 0. The van der Waals surface area contributed by atoms with Crippen LogP contribution in [0, 0.1) is 0 Å². The van der Waals surface area contributed by atoms with Crippen molar-refractivity contribution in [3.05, 3.63) is 109 Å². The molecule has 7 rings (SSSR count). The number of pyridine rings is 2. The van der Waals surface area contributed by atoms with E-state index < -0.39 is 0 Å². The van der Waals surface area contributed by atoms with E-state index in [2.05, 4.69) is 42.6 Å². The molecule has 38 heavy (non-hydrogen) atoms. The maximum Gasteiger partial charge on any atom is 0.255 e. The van der Waals surface area contributed by atoms with Crippen LogP contribution in [0.25, 0.3) is 55.6 Å². The van der Waals surface area contributed by atoms with Crippen molar-refractivity contribution in [1.29, 1.82) is 0 Å². The lowest BCUT2D eigenvalue weighted by molar-refractivity contribution is 0.102. The number of H-pyrrole nitrogens is 2. The van der Waals surface area contributed by atoms with Crippen molar-refractivity contribution in [1.82, 2.24) is 25.1 Å². The number of aromatic amines is 2. The van der Waals surface area contributed by atoms with Gasteiger partial charge in [-0.25, -0.2) is 4.98 Å². The topological polar surface area (TPSA) is 112 Å². The summed E-state index contributed by atoms with van der Waals surface area (Å²) in [4.78, 5) is 25.0. The summed E-state index contributed by atoms with van der Waals surface area (Å²) < 4.78 is 5.30. The predicted molar refractivity (Wildman–Crippen MR) is 147 cm³/mol. The smallest absolute Gasteiger partial charge is 0.255 e. The van der Waals surface area contributed by atoms with Crippen molar-refractivity contribution in [2.24, 2.45) is 0 Å². The fourth-order valence-electron chi connectivity index (χ4n) is 4.68. The van der Waals surface area contributed by atoms with Gasteiger partial charge in [0.1, 0.15) is 5.69 Å². The zero-order valence-corrected chi connectivity index (χ0v) is 20.0. The van der Waals surface area contributed by atoms with E-state index in [1.54, 1.807) is 43.2 Å². The molecular formula is C30H20N6O2. The molecule has 8 nitrogen and oxygen atoms in total. The molecule has 0 saturated carbocycles. The predicted octanol–water partition coefficient (Wildman–Crippen LogP) is 6.68. The van der Waals surface area contributed by atoms with Crippen LogP contribution in [0.2, 0.25) is 0 Å². The van der Waals surface area contributed by atoms with E-state index in [9.17, 15) is 4.79 Å². The molecule has 0 bridgehead atoms. The number of hydrogen-bond acceptors (Lipinski definition) is 5. The van der Waals surface area contributed by atoms with Crippen LogP contribution in [0.15, 0.2) is 108 Å². The van der Waals surface area contributed by atoms with Gasteiger partial charge in [-0.1, -0.05) is 30.3 Å². The van der Waals surface area contributed by atoms with Crippen molar-refractivity contribution >= 4 is 33.5 Å². The van der Waals surface area contributed by atoms with E-state index in [0.717, 1.165) is 49.9 Å². The van der Waals surface area contributed by atoms with Gasteiger partial charge in [0, 0.05) is 50.9 Å². The Morgan fingerprint density at radius 2 is 1.74 bits per heavy atom. The molecule has 2 aromatic carbocycles. The van der Waals surface area contributed by atoms with Crippen LogP contribution >= 0.6 is 0 Å². The molecule has 5 heterocycles. The molecule has 0 aliphatic carbocycles. The molecule has 182 valence electrons. The second-order valence-corrected chi connectivity index (χ2v) is 8.94. The lowest BCUT2D eigenvalue weighted by Gasteiger charge is -2.07. The average molecular weight is 497 g/mol. The van der Waals surface area contributed by atoms with Gasteiger partial charge in [-0.15, -0.1) is 0 Å². The minimum absolute atomic E-state index is 0.191. The Morgan fingerprint density at radius 1 is 0.842 bits per heavy atom. The van der Waals surface area contributed by atoms with Crippen LogP contribution in [0.5, 0.6) is 0 Å². The quantitative estimate of drug-likeness (QED) is 0.246. The summed E-state index contributed by atoms with van der Waals surface area (Å²) >= 11 is 0. The van der Waals surface area contributed by atoms with Crippen LogP contribution in [0.1, 0.15) is 10.4 Å². The van der Waals surface area contributed by atoms with Crippen molar-refractivity contribution in [2.75, 3.05) is 5.32 Å². The van der Waals surface area contributed by atoms with Gasteiger partial charge >= 0.3 is 0 Å². The number of rotatable bonds is 5. The number of carbonyl (C=O) groups excluding carboxylic acids is 1. The molecule has 0 aliphatic rings. The van der Waals surface area contributed by atoms with Crippen LogP contribution < -0.4 is 5.32 Å². The fraction of sp³-hybridized carbons (Fsp3) is 0. The second kappa shape index (κ2) is 8.86. The lowest BCUT2D eigenvalue weighted by Crippen LogP contribution is -2.11. The molecule has 0 saturated heterocycles. The number of benzene rings is 2. The Morgan fingerprint density at radius 3 is 2.61 bits per heavy atom. The number of amides is 1. The van der Waals surface area contributed by atoms with Gasteiger partial charge in [-0.2, -0.15) is 5.10 Å². The zero-order chi connectivity index (χ0) is 25.5. The van der Waals surface area contributed by atoms with E-state index in [0.29, 0.717) is 16.9 Å². The third-order valence-corrected chi connectivity index (χ3v) is 6.53. The first kappa shape index (κ1) is 21.8. The number of anilines is 1. The van der Waals surface area contributed by atoms with E-state index >= 15 is 0 Å². The summed E-state index contributed by atoms with van der Waals surface area (Å²) in [6.45, 7) is 0. The van der Waals surface area contributed by atoms with E-state index in [4.69, 9.17) is 4.42 Å². The summed E-state index contributed by atoms with van der Waals surface area (Å²) in [5.41, 5.74) is 8.30. The first-order chi connectivity index (χ1) is 18.7. The van der Waals surface area contributed by atoms with Crippen molar-refractivity contribution in [3.63, 3.8) is 0 Å². The SMILES string of the molecule is O=C(Nc1cncc(-c2cnc3[nH]nc(-c4cc5c(-c6ccoc6)cccc5[nH]4)c3c2)c1)c1ccccc1. The summed E-state index contributed by atoms with van der Waals surface area (Å²) in [5, 5.41) is 12.5. The minimum Gasteiger partial charge on any atom is -0.472 e. The average Bonchev–Trinajstić information content (AvgIpc) is 3.73. The molecule has 8 heteroatoms. The number of fused-ring (bicyclic) bond motifs is 2. The van der Waals surface area contributed by atoms with Crippen molar-refractivity contribution in [3.8, 4) is 33.6 Å². The number of hydrogen-bond donors (Lipinski definition) is 3. The molecule has 7 aromatic rings. The van der Waals surface area contributed by atoms with Crippen LogP contribution in [-0.4, -0.2) is 31.1 Å². The van der Waals surface area contributed by atoms with Crippen LogP contribution in [0.4, 0.5) is 5.69 Å². The first-order valence-electron chi connectivity index (χ1n) is 12.0.